The van der Waals surface area contributed by atoms with Gasteiger partial charge in [-0.3, -0.25) is 0 Å². The summed E-state index contributed by atoms with van der Waals surface area (Å²) in [6.45, 7) is 3.61. The molecule has 0 saturated heterocycles. The lowest BCUT2D eigenvalue weighted by molar-refractivity contribution is -0.561. The van der Waals surface area contributed by atoms with Crippen LogP contribution in [-0.4, -0.2) is 27.5 Å². The fourth-order valence-electron chi connectivity index (χ4n) is 4.03. The van der Waals surface area contributed by atoms with Crippen LogP contribution in [0.4, 0.5) is 0 Å². The summed E-state index contributed by atoms with van der Waals surface area (Å²) in [7, 11) is 0. The molecule has 0 aromatic carbocycles. The van der Waals surface area contributed by atoms with Crippen molar-refractivity contribution in [1.82, 2.24) is 0 Å². The zero-order chi connectivity index (χ0) is 11.7. The summed E-state index contributed by atoms with van der Waals surface area (Å²) >= 11 is 2.28. The van der Waals surface area contributed by atoms with E-state index < -0.39 is 0 Å². The highest BCUT2D eigenvalue weighted by Crippen LogP contribution is 2.41. The third kappa shape index (κ3) is 2.30. The third-order valence-electron chi connectivity index (χ3n) is 4.92. The van der Waals surface area contributed by atoms with Gasteiger partial charge in [0.05, 0.1) is 11.2 Å². The molecule has 2 heteroatoms. The van der Waals surface area contributed by atoms with Gasteiger partial charge in [-0.05, 0) is 32.6 Å². The Morgan fingerprint density at radius 2 is 1.71 bits per heavy atom. The molecule has 2 aliphatic carbocycles. The van der Waals surface area contributed by atoms with Crippen LogP contribution in [0.3, 0.4) is 0 Å². The summed E-state index contributed by atoms with van der Waals surface area (Å²) in [6, 6.07) is 0.899. The lowest BCUT2D eigenvalue weighted by Gasteiger charge is -2.21. The first-order valence-electron chi connectivity index (χ1n) is 7.70. The van der Waals surface area contributed by atoms with Gasteiger partial charge in [0.2, 0.25) is 5.04 Å². The van der Waals surface area contributed by atoms with E-state index in [-0.39, 0.29) is 0 Å². The van der Waals surface area contributed by atoms with Crippen molar-refractivity contribution in [2.75, 3.05) is 6.54 Å². The minimum Gasteiger partial charge on any atom is -0.224 e. The van der Waals surface area contributed by atoms with E-state index in [1.54, 1.807) is 5.04 Å². The second-order valence-corrected chi connectivity index (χ2v) is 7.23. The van der Waals surface area contributed by atoms with Crippen molar-refractivity contribution in [3.63, 3.8) is 0 Å². The fourth-order valence-corrected chi connectivity index (χ4v) is 5.89. The molecule has 0 amide bonds. The molecule has 96 valence electrons. The molecule has 0 aromatic rings. The van der Waals surface area contributed by atoms with Crippen LogP contribution in [0.2, 0.25) is 0 Å². The van der Waals surface area contributed by atoms with Gasteiger partial charge < -0.3 is 0 Å². The van der Waals surface area contributed by atoms with Gasteiger partial charge in [0.15, 0.2) is 6.04 Å². The van der Waals surface area contributed by atoms with Gasteiger partial charge in [-0.25, -0.2) is 4.58 Å². The number of fused-ring (bicyclic) bond motifs is 1. The Morgan fingerprint density at radius 3 is 2.47 bits per heavy atom. The van der Waals surface area contributed by atoms with Gasteiger partial charge >= 0.3 is 0 Å². The molecule has 0 bridgehead atoms. The first kappa shape index (κ1) is 12.1. The molecule has 0 spiro atoms. The van der Waals surface area contributed by atoms with Crippen molar-refractivity contribution in [2.24, 2.45) is 5.92 Å². The Kier molecular flexibility index (Phi) is 3.79. The topological polar surface area (TPSA) is 3.01 Å². The van der Waals surface area contributed by atoms with E-state index in [1.807, 2.05) is 0 Å². The van der Waals surface area contributed by atoms with Crippen molar-refractivity contribution >= 4 is 16.8 Å². The molecule has 1 aliphatic heterocycles. The molecule has 0 aromatic heterocycles. The lowest BCUT2D eigenvalue weighted by atomic mass is 9.89. The predicted octanol–water partition coefficient (Wildman–Crippen LogP) is 4.06. The second-order valence-electron chi connectivity index (χ2n) is 5.97. The van der Waals surface area contributed by atoms with Gasteiger partial charge in [0.25, 0.3) is 0 Å². The van der Waals surface area contributed by atoms with Gasteiger partial charge in [-0.1, -0.05) is 37.4 Å². The van der Waals surface area contributed by atoms with Crippen molar-refractivity contribution in [3.05, 3.63) is 0 Å². The number of hydrogen-bond acceptors (Lipinski definition) is 1. The summed E-state index contributed by atoms with van der Waals surface area (Å²) in [6.07, 6.45) is 13.2. The maximum Gasteiger partial charge on any atom is 0.214 e. The standard InChI is InChI=1S/C15H26NS/c1-2-16-13-10-6-7-11-14(13)17-15(16)12-8-4-3-5-9-12/h12-14H,2-11H2,1H3/q+1. The smallest absolute Gasteiger partial charge is 0.214 e. The van der Waals surface area contributed by atoms with Crippen LogP contribution in [0.15, 0.2) is 0 Å². The summed E-state index contributed by atoms with van der Waals surface area (Å²) in [5.74, 6) is 0.930. The Labute approximate surface area is 110 Å². The molecule has 3 aliphatic rings. The second kappa shape index (κ2) is 5.34. The molecular formula is C15H26NS+. The van der Waals surface area contributed by atoms with E-state index in [2.05, 4.69) is 23.3 Å². The summed E-state index contributed by atoms with van der Waals surface area (Å²) in [5, 5.41) is 2.74. The molecule has 0 N–H and O–H groups in total. The minimum absolute atomic E-state index is 0.899. The maximum absolute atomic E-state index is 2.80. The van der Waals surface area contributed by atoms with Crippen molar-refractivity contribution in [3.8, 4) is 0 Å². The number of hydrogen-bond donors (Lipinski definition) is 0. The lowest BCUT2D eigenvalue weighted by Crippen LogP contribution is -2.34. The van der Waals surface area contributed by atoms with E-state index in [0.717, 1.165) is 17.2 Å². The van der Waals surface area contributed by atoms with Crippen molar-refractivity contribution < 1.29 is 4.58 Å². The van der Waals surface area contributed by atoms with Gasteiger partial charge in [-0.15, -0.1) is 0 Å². The molecule has 2 unspecified atom stereocenters. The Morgan fingerprint density at radius 1 is 1.00 bits per heavy atom. The van der Waals surface area contributed by atoms with Crippen molar-refractivity contribution in [1.29, 1.82) is 0 Å². The third-order valence-corrected chi connectivity index (χ3v) is 6.58. The van der Waals surface area contributed by atoms with Crippen LogP contribution in [0.1, 0.15) is 64.7 Å². The van der Waals surface area contributed by atoms with E-state index in [1.165, 1.54) is 64.3 Å². The highest BCUT2D eigenvalue weighted by molar-refractivity contribution is 8.14. The van der Waals surface area contributed by atoms with Crippen LogP contribution in [-0.2, 0) is 0 Å². The molecule has 2 fully saturated rings. The quantitative estimate of drug-likeness (QED) is 0.670. The van der Waals surface area contributed by atoms with Crippen LogP contribution in [0.5, 0.6) is 0 Å². The molecular weight excluding hydrogens is 226 g/mol. The zero-order valence-electron chi connectivity index (χ0n) is 11.2. The molecule has 2 atom stereocenters. The summed E-state index contributed by atoms with van der Waals surface area (Å²) in [5.41, 5.74) is 0. The molecule has 2 saturated carbocycles. The largest absolute Gasteiger partial charge is 0.224 e. The number of rotatable bonds is 2. The Hall–Kier alpha value is 0.0200. The van der Waals surface area contributed by atoms with E-state index in [4.69, 9.17) is 0 Å². The first-order valence-corrected chi connectivity index (χ1v) is 8.58. The SMILES string of the molecule is CC[N+]1=C(C2CCCCC2)SC2CCCCC21. The van der Waals surface area contributed by atoms with Crippen LogP contribution in [0.25, 0.3) is 0 Å². The Bertz CT molecular complexity index is 304. The summed E-state index contributed by atoms with van der Waals surface area (Å²) < 4.78 is 2.80. The maximum atomic E-state index is 2.80. The monoisotopic (exact) mass is 252 g/mol. The van der Waals surface area contributed by atoms with Crippen LogP contribution < -0.4 is 0 Å². The van der Waals surface area contributed by atoms with Crippen LogP contribution in [0, 0.1) is 5.92 Å². The van der Waals surface area contributed by atoms with Crippen molar-refractivity contribution in [2.45, 2.75) is 76.0 Å². The molecule has 0 radical (unpaired) electrons. The highest BCUT2D eigenvalue weighted by atomic mass is 32.2. The normalized spacial score (nSPS) is 35.1. The van der Waals surface area contributed by atoms with E-state index in [9.17, 15) is 0 Å². The Balaban J connectivity index is 1.80. The van der Waals surface area contributed by atoms with Gasteiger partial charge in [0.1, 0.15) is 6.54 Å². The van der Waals surface area contributed by atoms with Crippen LogP contribution >= 0.6 is 11.8 Å². The highest BCUT2D eigenvalue weighted by Gasteiger charge is 2.45. The first-order chi connectivity index (χ1) is 8.40. The predicted molar refractivity (Wildman–Crippen MR) is 76.0 cm³/mol. The number of nitrogens with zero attached hydrogens (tertiary/aromatic N) is 1. The summed E-state index contributed by atoms with van der Waals surface area (Å²) in [4.78, 5) is 0. The fraction of sp³-hybridized carbons (Fsp3) is 0.933. The molecule has 1 nitrogen and oxygen atoms in total. The number of thioether (sulfide) groups is 1. The molecule has 1 heterocycles. The van der Waals surface area contributed by atoms with E-state index >= 15 is 0 Å². The average Bonchev–Trinajstić information content (AvgIpc) is 2.78. The van der Waals surface area contributed by atoms with Gasteiger partial charge in [-0.2, -0.15) is 0 Å². The minimum atomic E-state index is 0.899. The van der Waals surface area contributed by atoms with E-state index in [0.29, 0.717) is 0 Å². The molecule has 17 heavy (non-hydrogen) atoms. The molecule has 3 rings (SSSR count). The zero-order valence-corrected chi connectivity index (χ0v) is 12.0. The van der Waals surface area contributed by atoms with Gasteiger partial charge in [0, 0.05) is 6.42 Å². The average molecular weight is 252 g/mol.